The van der Waals surface area contributed by atoms with Crippen LogP contribution in [-0.4, -0.2) is 30.4 Å². The van der Waals surface area contributed by atoms with Gasteiger partial charge in [-0.05, 0) is 55.6 Å². The van der Waals surface area contributed by atoms with Crippen molar-refractivity contribution in [3.05, 3.63) is 29.8 Å². The van der Waals surface area contributed by atoms with Crippen LogP contribution in [0.3, 0.4) is 0 Å². The van der Waals surface area contributed by atoms with Crippen molar-refractivity contribution in [3.63, 3.8) is 0 Å². The van der Waals surface area contributed by atoms with Gasteiger partial charge >= 0.3 is 0 Å². The molecule has 0 bridgehead atoms. The average Bonchev–Trinajstić information content (AvgIpc) is 2.47. The second-order valence-corrected chi connectivity index (χ2v) is 6.49. The summed E-state index contributed by atoms with van der Waals surface area (Å²) in [6, 6.07) is 9.01. The molecule has 0 unspecified atom stereocenters. The minimum atomic E-state index is 0.0320. The fraction of sp³-hybridized carbons (Fsp3) is 0.529. The molecule has 1 aliphatic rings. The molecule has 0 spiro atoms. The number of hydrogen-bond donors (Lipinski definition) is 1. The molecular formula is C17H23N3O. The summed E-state index contributed by atoms with van der Waals surface area (Å²) in [5, 5.41) is 11.6. The van der Waals surface area contributed by atoms with Gasteiger partial charge in [0.15, 0.2) is 0 Å². The quantitative estimate of drug-likeness (QED) is 0.925. The number of benzene rings is 1. The lowest BCUT2D eigenvalue weighted by Gasteiger charge is -2.36. The maximum atomic E-state index is 11.9. The van der Waals surface area contributed by atoms with E-state index in [1.807, 2.05) is 0 Å². The zero-order chi connectivity index (χ0) is 15.3. The number of nitriles is 1. The molecule has 1 N–H and O–H groups in total. The molecule has 1 aromatic carbocycles. The smallest absolute Gasteiger partial charge is 0.225 e. The van der Waals surface area contributed by atoms with Crippen LogP contribution >= 0.6 is 0 Å². The van der Waals surface area contributed by atoms with Crippen LogP contribution in [0, 0.1) is 16.7 Å². The lowest BCUT2D eigenvalue weighted by Crippen LogP contribution is -2.38. The molecule has 2 rings (SSSR count). The van der Waals surface area contributed by atoms with Crippen molar-refractivity contribution in [3.8, 4) is 6.07 Å². The van der Waals surface area contributed by atoms with Crippen LogP contribution in [0.25, 0.3) is 0 Å². The number of likely N-dealkylation sites (tertiary alicyclic amines) is 1. The largest absolute Gasteiger partial charge is 0.326 e. The van der Waals surface area contributed by atoms with Gasteiger partial charge in [-0.3, -0.25) is 4.79 Å². The van der Waals surface area contributed by atoms with Crippen molar-refractivity contribution >= 4 is 11.6 Å². The maximum Gasteiger partial charge on any atom is 0.225 e. The molecule has 0 radical (unpaired) electrons. The highest BCUT2D eigenvalue weighted by molar-refractivity contribution is 5.90. The summed E-state index contributed by atoms with van der Waals surface area (Å²) in [7, 11) is 0. The van der Waals surface area contributed by atoms with Crippen LogP contribution in [0.2, 0.25) is 0 Å². The molecule has 1 aromatic rings. The van der Waals surface area contributed by atoms with Gasteiger partial charge in [-0.25, -0.2) is 0 Å². The predicted molar refractivity (Wildman–Crippen MR) is 83.9 cm³/mol. The molecule has 0 aliphatic carbocycles. The van der Waals surface area contributed by atoms with Crippen LogP contribution < -0.4 is 5.32 Å². The number of carbonyl (C=O) groups is 1. The highest BCUT2D eigenvalue weighted by Gasteiger charge is 2.25. The highest BCUT2D eigenvalue weighted by Crippen LogP contribution is 2.29. The first-order valence-corrected chi connectivity index (χ1v) is 7.51. The van der Waals surface area contributed by atoms with Crippen LogP contribution in [0.15, 0.2) is 24.3 Å². The van der Waals surface area contributed by atoms with E-state index < -0.39 is 0 Å². The first kappa shape index (κ1) is 15.5. The van der Waals surface area contributed by atoms with E-state index in [0.29, 0.717) is 17.4 Å². The molecule has 4 heteroatoms. The van der Waals surface area contributed by atoms with Crippen LogP contribution in [0.1, 0.15) is 38.7 Å². The third-order valence-corrected chi connectivity index (χ3v) is 4.16. The molecule has 4 nitrogen and oxygen atoms in total. The summed E-state index contributed by atoms with van der Waals surface area (Å²) < 4.78 is 0. The molecule has 1 amide bonds. The minimum Gasteiger partial charge on any atom is -0.326 e. The number of piperidine rings is 1. The SMILES string of the molecule is CC1(C)CCN(CCC(=O)Nc2ccc(C#N)cc2)CC1. The first-order chi connectivity index (χ1) is 9.98. The zero-order valence-electron chi connectivity index (χ0n) is 12.9. The van der Waals surface area contributed by atoms with Gasteiger partial charge in [0.25, 0.3) is 0 Å². The Morgan fingerprint density at radius 2 is 1.90 bits per heavy atom. The van der Waals surface area contributed by atoms with E-state index in [-0.39, 0.29) is 5.91 Å². The predicted octanol–water partition coefficient (Wildman–Crippen LogP) is 3.01. The Hall–Kier alpha value is -1.86. The number of amides is 1. The summed E-state index contributed by atoms with van der Waals surface area (Å²) in [5.74, 6) is 0.0320. The van der Waals surface area contributed by atoms with Gasteiger partial charge in [0.2, 0.25) is 5.91 Å². The van der Waals surface area contributed by atoms with Crippen LogP contribution in [-0.2, 0) is 4.79 Å². The Morgan fingerprint density at radius 1 is 1.29 bits per heavy atom. The van der Waals surface area contributed by atoms with E-state index >= 15 is 0 Å². The molecule has 0 atom stereocenters. The van der Waals surface area contributed by atoms with Gasteiger partial charge in [-0.15, -0.1) is 0 Å². The molecule has 0 aromatic heterocycles. The van der Waals surface area contributed by atoms with E-state index in [4.69, 9.17) is 5.26 Å². The molecule has 112 valence electrons. The van der Waals surface area contributed by atoms with Gasteiger partial charge in [-0.1, -0.05) is 13.8 Å². The van der Waals surface area contributed by atoms with Crippen molar-refractivity contribution in [2.24, 2.45) is 5.41 Å². The van der Waals surface area contributed by atoms with Crippen molar-refractivity contribution in [1.29, 1.82) is 5.26 Å². The van der Waals surface area contributed by atoms with Gasteiger partial charge in [0, 0.05) is 18.7 Å². The van der Waals surface area contributed by atoms with Crippen LogP contribution in [0.5, 0.6) is 0 Å². The lowest BCUT2D eigenvalue weighted by atomic mass is 9.83. The number of nitrogens with one attached hydrogen (secondary N) is 1. The van der Waals surface area contributed by atoms with E-state index in [9.17, 15) is 4.79 Å². The van der Waals surface area contributed by atoms with Gasteiger partial charge in [0.05, 0.1) is 11.6 Å². The Labute approximate surface area is 126 Å². The Bertz CT molecular complexity index is 518. The average molecular weight is 285 g/mol. The second kappa shape index (κ2) is 6.73. The van der Waals surface area contributed by atoms with Crippen molar-refractivity contribution < 1.29 is 4.79 Å². The molecule has 1 heterocycles. The first-order valence-electron chi connectivity index (χ1n) is 7.51. The number of hydrogen-bond acceptors (Lipinski definition) is 3. The number of rotatable bonds is 4. The van der Waals surface area contributed by atoms with Gasteiger partial charge in [-0.2, -0.15) is 5.26 Å². The van der Waals surface area contributed by atoms with Crippen molar-refractivity contribution in [1.82, 2.24) is 4.90 Å². The Kier molecular flexibility index (Phi) is 4.98. The van der Waals surface area contributed by atoms with E-state index in [1.54, 1.807) is 24.3 Å². The lowest BCUT2D eigenvalue weighted by molar-refractivity contribution is -0.116. The van der Waals surface area contributed by atoms with Crippen LogP contribution in [0.4, 0.5) is 5.69 Å². The third kappa shape index (κ3) is 4.87. The highest BCUT2D eigenvalue weighted by atomic mass is 16.1. The molecule has 0 saturated carbocycles. The normalized spacial score (nSPS) is 18.0. The second-order valence-electron chi connectivity index (χ2n) is 6.49. The topological polar surface area (TPSA) is 56.1 Å². The third-order valence-electron chi connectivity index (χ3n) is 4.16. The van der Waals surface area contributed by atoms with Gasteiger partial charge < -0.3 is 10.2 Å². The molecular weight excluding hydrogens is 262 g/mol. The van der Waals surface area contributed by atoms with E-state index in [0.717, 1.165) is 25.3 Å². The maximum absolute atomic E-state index is 11.9. The van der Waals surface area contributed by atoms with Crippen molar-refractivity contribution in [2.45, 2.75) is 33.1 Å². The number of nitrogens with zero attached hydrogens (tertiary/aromatic N) is 2. The van der Waals surface area contributed by atoms with E-state index in [1.165, 1.54) is 12.8 Å². The fourth-order valence-corrected chi connectivity index (χ4v) is 2.49. The van der Waals surface area contributed by atoms with Crippen molar-refractivity contribution in [2.75, 3.05) is 25.0 Å². The monoisotopic (exact) mass is 285 g/mol. The Balaban J connectivity index is 1.74. The summed E-state index contributed by atoms with van der Waals surface area (Å²) in [6.45, 7) is 7.59. The fourth-order valence-electron chi connectivity index (χ4n) is 2.49. The summed E-state index contributed by atoms with van der Waals surface area (Å²) >= 11 is 0. The summed E-state index contributed by atoms with van der Waals surface area (Å²) in [6.07, 6.45) is 2.91. The molecule has 21 heavy (non-hydrogen) atoms. The molecule has 1 saturated heterocycles. The minimum absolute atomic E-state index is 0.0320. The molecule has 1 aliphatic heterocycles. The zero-order valence-corrected chi connectivity index (χ0v) is 12.9. The van der Waals surface area contributed by atoms with Gasteiger partial charge in [0.1, 0.15) is 0 Å². The Morgan fingerprint density at radius 3 is 2.48 bits per heavy atom. The number of anilines is 1. The summed E-state index contributed by atoms with van der Waals surface area (Å²) in [4.78, 5) is 14.3. The molecule has 1 fully saturated rings. The van der Waals surface area contributed by atoms with E-state index in [2.05, 4.69) is 30.1 Å². The summed E-state index contributed by atoms with van der Waals surface area (Å²) in [5.41, 5.74) is 1.80. The number of carbonyl (C=O) groups excluding carboxylic acids is 1. The standard InChI is InChI=1S/C17H23N3O/c1-17(2)8-11-20(12-9-17)10-7-16(21)19-15-5-3-14(13-18)4-6-15/h3-6H,7-12H2,1-2H3,(H,19,21).